The summed E-state index contributed by atoms with van der Waals surface area (Å²) in [6, 6.07) is 11.0. The summed E-state index contributed by atoms with van der Waals surface area (Å²) >= 11 is 7.87. The Hall–Kier alpha value is -1.67. The summed E-state index contributed by atoms with van der Waals surface area (Å²) in [5.74, 6) is -0.445. The second-order valence-electron chi connectivity index (χ2n) is 3.89. The minimum Gasteiger partial charge on any atom is -0.321 e. The SMILES string of the molecule is O=C(Nc1ccccc1I)c1cc(Cl)cc([N+](=O)[O-])c1. The zero-order chi connectivity index (χ0) is 14.7. The molecule has 0 aliphatic rings. The Balaban J connectivity index is 2.30. The Morgan fingerprint density at radius 2 is 1.95 bits per heavy atom. The van der Waals surface area contributed by atoms with E-state index in [0.717, 1.165) is 3.57 Å². The third kappa shape index (κ3) is 3.45. The number of rotatable bonds is 3. The summed E-state index contributed by atoms with van der Waals surface area (Å²) in [4.78, 5) is 22.3. The van der Waals surface area contributed by atoms with Gasteiger partial charge in [0.25, 0.3) is 11.6 Å². The van der Waals surface area contributed by atoms with Crippen molar-refractivity contribution in [3.05, 3.63) is 66.7 Å². The number of nitrogens with zero attached hydrogens (tertiary/aromatic N) is 1. The van der Waals surface area contributed by atoms with Gasteiger partial charge in [0.1, 0.15) is 0 Å². The van der Waals surface area contributed by atoms with E-state index in [9.17, 15) is 14.9 Å². The molecule has 0 saturated heterocycles. The summed E-state index contributed by atoms with van der Waals surface area (Å²) in [6.07, 6.45) is 0. The molecule has 0 fully saturated rings. The second-order valence-corrected chi connectivity index (χ2v) is 5.49. The number of amides is 1. The monoisotopic (exact) mass is 402 g/mol. The highest BCUT2D eigenvalue weighted by atomic mass is 127. The molecule has 0 aliphatic heterocycles. The average Bonchev–Trinajstić information content (AvgIpc) is 2.40. The van der Waals surface area contributed by atoms with Crippen molar-refractivity contribution < 1.29 is 9.72 Å². The Bertz CT molecular complexity index is 691. The van der Waals surface area contributed by atoms with Gasteiger partial charge < -0.3 is 5.32 Å². The van der Waals surface area contributed by atoms with Gasteiger partial charge in [-0.25, -0.2) is 0 Å². The third-order valence-electron chi connectivity index (χ3n) is 2.48. The first-order valence-electron chi connectivity index (χ1n) is 5.48. The molecule has 0 atom stereocenters. The molecule has 2 aromatic rings. The van der Waals surface area contributed by atoms with E-state index in [1.807, 2.05) is 12.1 Å². The van der Waals surface area contributed by atoms with Gasteiger partial charge in [-0.15, -0.1) is 0 Å². The van der Waals surface area contributed by atoms with Crippen LogP contribution in [0.3, 0.4) is 0 Å². The van der Waals surface area contributed by atoms with Gasteiger partial charge in [0.05, 0.1) is 10.6 Å². The Morgan fingerprint density at radius 1 is 1.25 bits per heavy atom. The molecule has 1 amide bonds. The Morgan fingerprint density at radius 3 is 2.60 bits per heavy atom. The molecular weight excluding hydrogens is 395 g/mol. The zero-order valence-electron chi connectivity index (χ0n) is 9.97. The van der Waals surface area contributed by atoms with Gasteiger partial charge in [-0.1, -0.05) is 23.7 Å². The maximum atomic E-state index is 12.1. The number of hydrogen-bond acceptors (Lipinski definition) is 3. The first kappa shape index (κ1) is 14.7. The van der Waals surface area contributed by atoms with Crippen LogP contribution in [0.2, 0.25) is 5.02 Å². The Kier molecular flexibility index (Phi) is 4.56. The fraction of sp³-hybridized carbons (Fsp3) is 0. The van der Waals surface area contributed by atoms with E-state index >= 15 is 0 Å². The third-order valence-corrected chi connectivity index (χ3v) is 3.64. The number of hydrogen-bond donors (Lipinski definition) is 1. The van der Waals surface area contributed by atoms with Crippen LogP contribution in [0, 0.1) is 13.7 Å². The molecule has 5 nitrogen and oxygen atoms in total. The topological polar surface area (TPSA) is 72.2 Å². The largest absolute Gasteiger partial charge is 0.321 e. The maximum absolute atomic E-state index is 12.1. The van der Waals surface area contributed by atoms with Gasteiger partial charge in [-0.2, -0.15) is 0 Å². The molecule has 0 aliphatic carbocycles. The number of halogens is 2. The highest BCUT2D eigenvalue weighted by Crippen LogP contribution is 2.23. The van der Waals surface area contributed by atoms with Gasteiger partial charge in [0.2, 0.25) is 0 Å². The van der Waals surface area contributed by atoms with E-state index in [4.69, 9.17) is 11.6 Å². The molecule has 20 heavy (non-hydrogen) atoms. The number of nitro benzene ring substituents is 1. The molecular formula is C13H8ClIN2O3. The molecule has 0 radical (unpaired) electrons. The number of nitro groups is 1. The van der Waals surface area contributed by atoms with Crippen LogP contribution < -0.4 is 5.32 Å². The fourth-order valence-corrected chi connectivity index (χ4v) is 2.32. The first-order chi connectivity index (χ1) is 9.47. The van der Waals surface area contributed by atoms with Crippen LogP contribution in [0.5, 0.6) is 0 Å². The van der Waals surface area contributed by atoms with Crippen molar-refractivity contribution >= 4 is 51.5 Å². The van der Waals surface area contributed by atoms with Crippen LogP contribution >= 0.6 is 34.2 Å². The van der Waals surface area contributed by atoms with Crippen molar-refractivity contribution in [3.8, 4) is 0 Å². The van der Waals surface area contributed by atoms with E-state index in [0.29, 0.717) is 5.69 Å². The van der Waals surface area contributed by atoms with Crippen LogP contribution in [-0.4, -0.2) is 10.8 Å². The van der Waals surface area contributed by atoms with Crippen LogP contribution in [0.4, 0.5) is 11.4 Å². The Labute approximate surface area is 133 Å². The lowest BCUT2D eigenvalue weighted by molar-refractivity contribution is -0.384. The van der Waals surface area contributed by atoms with Crippen LogP contribution in [0.1, 0.15) is 10.4 Å². The summed E-state index contributed by atoms with van der Waals surface area (Å²) < 4.78 is 0.870. The fourth-order valence-electron chi connectivity index (χ4n) is 1.57. The summed E-state index contributed by atoms with van der Waals surface area (Å²) in [6.45, 7) is 0. The number of carbonyl (C=O) groups is 1. The van der Waals surface area contributed by atoms with Crippen molar-refractivity contribution in [2.45, 2.75) is 0 Å². The number of para-hydroxylation sites is 1. The van der Waals surface area contributed by atoms with Gasteiger partial charge in [-0.05, 0) is 40.8 Å². The molecule has 7 heteroatoms. The molecule has 0 spiro atoms. The lowest BCUT2D eigenvalue weighted by Gasteiger charge is -2.07. The smallest absolute Gasteiger partial charge is 0.271 e. The molecule has 0 saturated carbocycles. The molecule has 102 valence electrons. The molecule has 2 rings (SSSR count). The summed E-state index contributed by atoms with van der Waals surface area (Å²) in [7, 11) is 0. The van der Waals surface area contributed by atoms with Crippen molar-refractivity contribution in [2.75, 3.05) is 5.32 Å². The second kappa shape index (κ2) is 6.19. The van der Waals surface area contributed by atoms with Crippen LogP contribution in [0.25, 0.3) is 0 Å². The van der Waals surface area contributed by atoms with E-state index in [1.165, 1.54) is 18.2 Å². The van der Waals surface area contributed by atoms with Crippen molar-refractivity contribution in [3.63, 3.8) is 0 Å². The van der Waals surface area contributed by atoms with Gasteiger partial charge in [0.15, 0.2) is 0 Å². The normalized spacial score (nSPS) is 10.1. The van der Waals surface area contributed by atoms with Crippen molar-refractivity contribution in [1.82, 2.24) is 0 Å². The maximum Gasteiger partial charge on any atom is 0.271 e. The van der Waals surface area contributed by atoms with E-state index in [2.05, 4.69) is 27.9 Å². The van der Waals surface area contributed by atoms with E-state index in [-0.39, 0.29) is 16.3 Å². The van der Waals surface area contributed by atoms with Crippen molar-refractivity contribution in [2.24, 2.45) is 0 Å². The number of carbonyl (C=O) groups excluding carboxylic acids is 1. The number of anilines is 1. The first-order valence-corrected chi connectivity index (χ1v) is 6.94. The molecule has 0 heterocycles. The zero-order valence-corrected chi connectivity index (χ0v) is 12.9. The lowest BCUT2D eigenvalue weighted by Crippen LogP contribution is -2.13. The number of benzene rings is 2. The standard InChI is InChI=1S/C13H8ClIN2O3/c14-9-5-8(6-10(7-9)17(19)20)13(18)16-12-4-2-1-3-11(12)15/h1-7H,(H,16,18). The van der Waals surface area contributed by atoms with E-state index in [1.54, 1.807) is 12.1 Å². The minimum atomic E-state index is -0.588. The van der Waals surface area contributed by atoms with Crippen molar-refractivity contribution in [1.29, 1.82) is 0 Å². The van der Waals surface area contributed by atoms with Crippen LogP contribution in [-0.2, 0) is 0 Å². The number of non-ortho nitro benzene ring substituents is 1. The molecule has 0 aromatic heterocycles. The molecule has 0 unspecified atom stereocenters. The predicted octanol–water partition coefficient (Wildman–Crippen LogP) is 4.11. The molecule has 1 N–H and O–H groups in total. The highest BCUT2D eigenvalue weighted by Gasteiger charge is 2.14. The molecule has 2 aromatic carbocycles. The average molecular weight is 403 g/mol. The van der Waals surface area contributed by atoms with Gasteiger partial charge in [0, 0.05) is 26.3 Å². The van der Waals surface area contributed by atoms with Crippen LogP contribution in [0.15, 0.2) is 42.5 Å². The quantitative estimate of drug-likeness (QED) is 0.477. The summed E-state index contributed by atoms with van der Waals surface area (Å²) in [5.41, 5.74) is 0.565. The highest BCUT2D eigenvalue weighted by molar-refractivity contribution is 14.1. The van der Waals surface area contributed by atoms with E-state index < -0.39 is 10.8 Å². The van der Waals surface area contributed by atoms with Gasteiger partial charge >= 0.3 is 0 Å². The predicted molar refractivity (Wildman–Crippen MR) is 85.2 cm³/mol. The minimum absolute atomic E-state index is 0.142. The van der Waals surface area contributed by atoms with Gasteiger partial charge in [-0.3, -0.25) is 14.9 Å². The molecule has 0 bridgehead atoms. The number of nitrogens with one attached hydrogen (secondary N) is 1. The summed E-state index contributed by atoms with van der Waals surface area (Å²) in [5, 5.41) is 13.6. The lowest BCUT2D eigenvalue weighted by atomic mass is 10.2.